The van der Waals surface area contributed by atoms with Gasteiger partial charge in [-0.15, -0.1) is 0 Å². The van der Waals surface area contributed by atoms with Crippen LogP contribution in [0.1, 0.15) is 16.1 Å². The van der Waals surface area contributed by atoms with Crippen LogP contribution in [-0.4, -0.2) is 73.7 Å². The van der Waals surface area contributed by atoms with Gasteiger partial charge < -0.3 is 9.88 Å². The molecule has 30 heavy (non-hydrogen) atoms. The van der Waals surface area contributed by atoms with Gasteiger partial charge in [0.25, 0.3) is 5.91 Å². The maximum atomic E-state index is 12.9. The molecule has 2 aromatic carbocycles. The van der Waals surface area contributed by atoms with Gasteiger partial charge in [-0.1, -0.05) is 30.3 Å². The second-order valence-electron chi connectivity index (χ2n) is 7.77. The number of nitrogens with zero attached hydrogens (tertiary/aromatic N) is 3. The zero-order valence-corrected chi connectivity index (χ0v) is 18.0. The van der Waals surface area contributed by atoms with E-state index in [0.717, 1.165) is 29.6 Å². The SMILES string of the molecule is CN(C)S(=O)(=O)c1cccc(CN2CCN(C(=O)c3cc4ccccc4[nH]3)CC2)c1. The second kappa shape index (κ2) is 8.22. The molecule has 1 aliphatic rings. The molecule has 0 bridgehead atoms. The fraction of sp³-hybridized carbons (Fsp3) is 0.318. The lowest BCUT2D eigenvalue weighted by molar-refractivity contribution is 0.0623. The van der Waals surface area contributed by atoms with Crippen LogP contribution in [0.4, 0.5) is 0 Å². The molecule has 1 saturated heterocycles. The summed E-state index contributed by atoms with van der Waals surface area (Å²) in [6.07, 6.45) is 0. The molecule has 0 atom stereocenters. The van der Waals surface area contributed by atoms with Gasteiger partial charge in [-0.05, 0) is 29.8 Å². The van der Waals surface area contributed by atoms with Gasteiger partial charge in [0.1, 0.15) is 5.69 Å². The summed E-state index contributed by atoms with van der Waals surface area (Å²) in [5, 5.41) is 1.03. The quantitative estimate of drug-likeness (QED) is 0.680. The highest BCUT2D eigenvalue weighted by Crippen LogP contribution is 2.19. The number of amides is 1. The maximum absolute atomic E-state index is 12.9. The van der Waals surface area contributed by atoms with E-state index in [-0.39, 0.29) is 5.91 Å². The van der Waals surface area contributed by atoms with Crippen LogP contribution in [0, 0.1) is 0 Å². The third kappa shape index (κ3) is 4.12. The Hall–Kier alpha value is -2.68. The second-order valence-corrected chi connectivity index (χ2v) is 9.93. The van der Waals surface area contributed by atoms with Gasteiger partial charge in [0.2, 0.25) is 10.0 Å². The van der Waals surface area contributed by atoms with Crippen molar-refractivity contribution >= 4 is 26.8 Å². The Morgan fingerprint density at radius 3 is 2.43 bits per heavy atom. The highest BCUT2D eigenvalue weighted by Gasteiger charge is 2.24. The van der Waals surface area contributed by atoms with Crippen LogP contribution in [0.5, 0.6) is 0 Å². The van der Waals surface area contributed by atoms with Gasteiger partial charge in [0.15, 0.2) is 0 Å². The molecule has 1 fully saturated rings. The minimum atomic E-state index is -3.44. The van der Waals surface area contributed by atoms with Crippen molar-refractivity contribution in [3.05, 3.63) is 65.9 Å². The Morgan fingerprint density at radius 1 is 1.00 bits per heavy atom. The van der Waals surface area contributed by atoms with E-state index in [0.29, 0.717) is 30.2 Å². The van der Waals surface area contributed by atoms with Crippen LogP contribution in [0.15, 0.2) is 59.5 Å². The van der Waals surface area contributed by atoms with E-state index < -0.39 is 10.0 Å². The van der Waals surface area contributed by atoms with Crippen LogP contribution >= 0.6 is 0 Å². The standard InChI is InChI=1S/C22H26N4O3S/c1-24(2)30(28,29)19-8-5-6-17(14-19)16-25-10-12-26(13-11-25)22(27)21-15-18-7-3-4-9-20(18)23-21/h3-9,14-15,23H,10-13,16H2,1-2H3. The molecule has 4 rings (SSSR count). The number of hydrogen-bond donors (Lipinski definition) is 1. The van der Waals surface area contributed by atoms with E-state index >= 15 is 0 Å². The van der Waals surface area contributed by atoms with Crippen LogP contribution in [0.3, 0.4) is 0 Å². The molecule has 1 N–H and O–H groups in total. The molecule has 0 spiro atoms. The number of aromatic nitrogens is 1. The summed E-state index contributed by atoms with van der Waals surface area (Å²) in [5.41, 5.74) is 2.53. The molecular formula is C22H26N4O3S. The zero-order valence-electron chi connectivity index (χ0n) is 17.2. The lowest BCUT2D eigenvalue weighted by atomic mass is 10.2. The summed E-state index contributed by atoms with van der Waals surface area (Å²) in [6.45, 7) is 3.44. The third-order valence-corrected chi connectivity index (χ3v) is 7.31. The summed E-state index contributed by atoms with van der Waals surface area (Å²) in [7, 11) is -0.377. The van der Waals surface area contributed by atoms with Gasteiger partial charge in [0, 0.05) is 57.7 Å². The Labute approximate surface area is 176 Å². The number of nitrogens with one attached hydrogen (secondary N) is 1. The van der Waals surface area contributed by atoms with E-state index in [1.54, 1.807) is 18.2 Å². The first-order chi connectivity index (χ1) is 14.3. The van der Waals surface area contributed by atoms with Crippen molar-refractivity contribution in [2.45, 2.75) is 11.4 Å². The molecule has 1 amide bonds. The summed E-state index contributed by atoms with van der Waals surface area (Å²) in [6, 6.07) is 16.8. The normalized spacial score (nSPS) is 15.8. The Kier molecular flexibility index (Phi) is 5.64. The van der Waals surface area contributed by atoms with Gasteiger partial charge in [0.05, 0.1) is 4.90 Å². The molecule has 158 valence electrons. The van der Waals surface area contributed by atoms with Crippen molar-refractivity contribution in [3.63, 3.8) is 0 Å². The van der Waals surface area contributed by atoms with Gasteiger partial charge >= 0.3 is 0 Å². The number of hydrogen-bond acceptors (Lipinski definition) is 4. The molecule has 7 nitrogen and oxygen atoms in total. The van der Waals surface area contributed by atoms with E-state index in [1.807, 2.05) is 41.3 Å². The lowest BCUT2D eigenvalue weighted by Gasteiger charge is -2.34. The molecule has 1 aromatic heterocycles. The monoisotopic (exact) mass is 426 g/mol. The zero-order chi connectivity index (χ0) is 21.3. The number of H-pyrrole nitrogens is 1. The highest BCUT2D eigenvalue weighted by molar-refractivity contribution is 7.89. The number of sulfonamides is 1. The number of benzene rings is 2. The minimum Gasteiger partial charge on any atom is -0.351 e. The van der Waals surface area contributed by atoms with Crippen LogP contribution in [0.2, 0.25) is 0 Å². The number of carbonyl (C=O) groups excluding carboxylic acids is 1. The van der Waals surface area contributed by atoms with E-state index in [4.69, 9.17) is 0 Å². The summed E-state index contributed by atoms with van der Waals surface area (Å²) >= 11 is 0. The number of carbonyl (C=O) groups is 1. The Morgan fingerprint density at radius 2 is 1.73 bits per heavy atom. The number of piperazine rings is 1. The van der Waals surface area contributed by atoms with E-state index in [2.05, 4.69) is 9.88 Å². The molecule has 8 heteroatoms. The first-order valence-corrected chi connectivity index (χ1v) is 11.4. The predicted molar refractivity (Wildman–Crippen MR) is 117 cm³/mol. The lowest BCUT2D eigenvalue weighted by Crippen LogP contribution is -2.48. The summed E-state index contributed by atoms with van der Waals surface area (Å²) in [4.78, 5) is 20.5. The molecule has 0 radical (unpaired) electrons. The van der Waals surface area contributed by atoms with Crippen molar-refractivity contribution < 1.29 is 13.2 Å². The molecule has 2 heterocycles. The number of aromatic amines is 1. The first-order valence-electron chi connectivity index (χ1n) is 9.95. The van der Waals surface area contributed by atoms with E-state index in [1.165, 1.54) is 18.4 Å². The fourth-order valence-electron chi connectivity index (χ4n) is 3.74. The molecule has 0 unspecified atom stereocenters. The first kappa shape index (κ1) is 20.6. The topological polar surface area (TPSA) is 76.7 Å². The van der Waals surface area contributed by atoms with E-state index in [9.17, 15) is 13.2 Å². The van der Waals surface area contributed by atoms with Crippen molar-refractivity contribution in [2.75, 3.05) is 40.3 Å². The largest absolute Gasteiger partial charge is 0.351 e. The average Bonchev–Trinajstić information content (AvgIpc) is 3.18. The fourth-order valence-corrected chi connectivity index (χ4v) is 4.71. The number of fused-ring (bicyclic) bond motifs is 1. The maximum Gasteiger partial charge on any atom is 0.270 e. The van der Waals surface area contributed by atoms with Gasteiger partial charge in [-0.25, -0.2) is 12.7 Å². The van der Waals surface area contributed by atoms with Gasteiger partial charge in [-0.2, -0.15) is 0 Å². The minimum absolute atomic E-state index is 0.0184. The molecule has 0 aliphatic carbocycles. The van der Waals surface area contributed by atoms with Crippen LogP contribution < -0.4 is 0 Å². The van der Waals surface area contributed by atoms with Crippen molar-refractivity contribution in [1.82, 2.24) is 19.1 Å². The summed E-state index contributed by atoms with van der Waals surface area (Å²) in [5.74, 6) is 0.0184. The van der Waals surface area contributed by atoms with Crippen LogP contribution in [-0.2, 0) is 16.6 Å². The third-order valence-electron chi connectivity index (χ3n) is 5.50. The Bertz CT molecular complexity index is 1130. The average molecular weight is 427 g/mol. The molecular weight excluding hydrogens is 400 g/mol. The van der Waals surface area contributed by atoms with Gasteiger partial charge in [-0.3, -0.25) is 9.69 Å². The molecule has 3 aromatic rings. The number of rotatable bonds is 5. The van der Waals surface area contributed by atoms with Crippen molar-refractivity contribution in [2.24, 2.45) is 0 Å². The highest BCUT2D eigenvalue weighted by atomic mass is 32.2. The summed E-state index contributed by atoms with van der Waals surface area (Å²) < 4.78 is 25.9. The predicted octanol–water partition coefficient (Wildman–Crippen LogP) is 2.38. The number of para-hydroxylation sites is 1. The molecule has 1 aliphatic heterocycles. The smallest absolute Gasteiger partial charge is 0.270 e. The van der Waals surface area contributed by atoms with Crippen molar-refractivity contribution in [3.8, 4) is 0 Å². The Balaban J connectivity index is 1.38. The van der Waals surface area contributed by atoms with Crippen LogP contribution in [0.25, 0.3) is 10.9 Å². The molecule has 0 saturated carbocycles. The van der Waals surface area contributed by atoms with Crippen molar-refractivity contribution in [1.29, 1.82) is 0 Å².